The molecule has 0 saturated heterocycles. The van der Waals surface area contributed by atoms with E-state index in [0.29, 0.717) is 48.0 Å². The molecule has 172 valence electrons. The lowest BCUT2D eigenvalue weighted by atomic mass is 10.1. The molecular formula is C24H23N7O3. The molecule has 0 saturated carbocycles. The fourth-order valence-electron chi connectivity index (χ4n) is 3.83. The predicted molar refractivity (Wildman–Crippen MR) is 126 cm³/mol. The summed E-state index contributed by atoms with van der Waals surface area (Å²) in [5.74, 6) is 2.28. The van der Waals surface area contributed by atoms with Crippen LogP contribution in [-0.4, -0.2) is 48.8 Å². The maximum atomic E-state index is 12.0. The second-order valence-electron chi connectivity index (χ2n) is 7.78. The zero-order valence-corrected chi connectivity index (χ0v) is 19.1. The average molecular weight is 457 g/mol. The van der Waals surface area contributed by atoms with Gasteiger partial charge in [-0.2, -0.15) is 4.98 Å². The number of ether oxygens (including phenoxy) is 1. The van der Waals surface area contributed by atoms with Crippen LogP contribution in [0.3, 0.4) is 0 Å². The number of aromatic nitrogens is 6. The van der Waals surface area contributed by atoms with Gasteiger partial charge in [-0.1, -0.05) is 17.3 Å². The number of carbonyl (C=O) groups excluding carboxylic acids is 1. The van der Waals surface area contributed by atoms with Gasteiger partial charge in [0.05, 0.1) is 12.2 Å². The van der Waals surface area contributed by atoms with E-state index in [1.165, 1.54) is 6.20 Å². The third-order valence-corrected chi connectivity index (χ3v) is 5.51. The van der Waals surface area contributed by atoms with Crippen molar-refractivity contribution in [2.24, 2.45) is 7.05 Å². The summed E-state index contributed by atoms with van der Waals surface area (Å²) in [6.07, 6.45) is 3.94. The molecule has 0 spiro atoms. The molecule has 0 fully saturated rings. The van der Waals surface area contributed by atoms with Gasteiger partial charge in [0.15, 0.2) is 5.65 Å². The van der Waals surface area contributed by atoms with E-state index in [-0.39, 0.29) is 0 Å². The second-order valence-corrected chi connectivity index (χ2v) is 7.78. The highest BCUT2D eigenvalue weighted by Crippen LogP contribution is 2.26. The van der Waals surface area contributed by atoms with Gasteiger partial charge >= 0.3 is 5.97 Å². The minimum absolute atomic E-state index is 0.314. The molecule has 10 heteroatoms. The SMILES string of the molecule is CCOC(=O)c1cnc2c(c1)nc(CCNc1nccc3ccc(-c4noc(C)n4)cc13)n2C. The summed E-state index contributed by atoms with van der Waals surface area (Å²) in [4.78, 5) is 29.9. The molecular weight excluding hydrogens is 434 g/mol. The largest absolute Gasteiger partial charge is 0.462 e. The standard InChI is InChI=1S/C24H23N7O3/c1-4-33-24(32)17-12-19-23(27-13-17)31(3)20(29-19)8-10-26-22-18-11-16(21-28-14(2)34-30-21)6-5-15(18)7-9-25-22/h5-7,9,11-13H,4,8,10H2,1-3H3,(H,25,26). The van der Waals surface area contributed by atoms with Crippen LogP contribution in [-0.2, 0) is 18.2 Å². The molecule has 5 aromatic rings. The first kappa shape index (κ1) is 21.5. The van der Waals surface area contributed by atoms with Gasteiger partial charge in [0, 0.05) is 50.3 Å². The van der Waals surface area contributed by atoms with Crippen LogP contribution in [0.2, 0.25) is 0 Å². The van der Waals surface area contributed by atoms with Crippen LogP contribution in [0.15, 0.2) is 47.2 Å². The first-order valence-electron chi connectivity index (χ1n) is 10.9. The topological polar surface area (TPSA) is 121 Å². The Hall–Kier alpha value is -4.34. The van der Waals surface area contributed by atoms with Gasteiger partial charge in [-0.15, -0.1) is 0 Å². The van der Waals surface area contributed by atoms with Crippen LogP contribution in [0.4, 0.5) is 5.82 Å². The number of aryl methyl sites for hydroxylation is 2. The first-order chi connectivity index (χ1) is 16.5. The molecule has 0 aliphatic carbocycles. The van der Waals surface area contributed by atoms with Crippen LogP contribution < -0.4 is 5.32 Å². The van der Waals surface area contributed by atoms with Gasteiger partial charge < -0.3 is 19.1 Å². The Kier molecular flexibility index (Phi) is 5.62. The highest BCUT2D eigenvalue weighted by Gasteiger charge is 2.14. The summed E-state index contributed by atoms with van der Waals surface area (Å²) in [6, 6.07) is 9.66. The van der Waals surface area contributed by atoms with E-state index < -0.39 is 5.97 Å². The Morgan fingerprint density at radius 3 is 2.85 bits per heavy atom. The van der Waals surface area contributed by atoms with E-state index in [9.17, 15) is 4.79 Å². The van der Waals surface area contributed by atoms with Crippen molar-refractivity contribution in [3.63, 3.8) is 0 Å². The number of benzene rings is 1. The van der Waals surface area contributed by atoms with E-state index in [1.807, 2.05) is 35.9 Å². The molecule has 1 aromatic carbocycles. The lowest BCUT2D eigenvalue weighted by Crippen LogP contribution is -2.10. The summed E-state index contributed by atoms with van der Waals surface area (Å²) in [5.41, 5.74) is 2.63. The molecule has 4 aromatic heterocycles. The Morgan fingerprint density at radius 1 is 1.18 bits per heavy atom. The van der Waals surface area contributed by atoms with Gasteiger partial charge in [-0.25, -0.2) is 19.7 Å². The Bertz CT molecular complexity index is 1510. The van der Waals surface area contributed by atoms with E-state index in [2.05, 4.69) is 30.4 Å². The minimum Gasteiger partial charge on any atom is -0.462 e. The van der Waals surface area contributed by atoms with Gasteiger partial charge in [0.1, 0.15) is 17.2 Å². The normalized spacial score (nSPS) is 11.3. The summed E-state index contributed by atoms with van der Waals surface area (Å²) in [7, 11) is 1.91. The molecule has 0 aliphatic rings. The van der Waals surface area contributed by atoms with Crippen LogP contribution in [0.5, 0.6) is 0 Å². The Balaban J connectivity index is 1.35. The van der Waals surface area contributed by atoms with Crippen molar-refractivity contribution in [2.75, 3.05) is 18.5 Å². The van der Waals surface area contributed by atoms with Crippen molar-refractivity contribution in [1.82, 2.24) is 29.7 Å². The van der Waals surface area contributed by atoms with Gasteiger partial charge in [-0.05, 0) is 30.5 Å². The molecule has 4 heterocycles. The Morgan fingerprint density at radius 2 is 2.06 bits per heavy atom. The quantitative estimate of drug-likeness (QED) is 0.365. The summed E-state index contributed by atoms with van der Waals surface area (Å²) in [6.45, 7) is 4.46. The highest BCUT2D eigenvalue weighted by molar-refractivity contribution is 5.94. The van der Waals surface area contributed by atoms with Crippen LogP contribution in [0.1, 0.15) is 29.0 Å². The zero-order valence-electron chi connectivity index (χ0n) is 19.1. The Labute approximate surface area is 195 Å². The van der Waals surface area contributed by atoms with Gasteiger partial charge in [0.25, 0.3) is 0 Å². The summed E-state index contributed by atoms with van der Waals surface area (Å²) < 4.78 is 12.1. The minimum atomic E-state index is -0.400. The predicted octanol–water partition coefficient (Wildman–Crippen LogP) is 3.71. The fourth-order valence-corrected chi connectivity index (χ4v) is 3.83. The molecule has 0 bridgehead atoms. The van der Waals surface area contributed by atoms with Crippen molar-refractivity contribution < 1.29 is 14.1 Å². The van der Waals surface area contributed by atoms with Crippen LogP contribution in [0.25, 0.3) is 33.3 Å². The van der Waals surface area contributed by atoms with E-state index in [4.69, 9.17) is 9.26 Å². The maximum absolute atomic E-state index is 12.0. The molecule has 0 aliphatic heterocycles. The van der Waals surface area contributed by atoms with Crippen molar-refractivity contribution in [3.05, 3.63) is 60.0 Å². The van der Waals surface area contributed by atoms with Crippen LogP contribution in [0, 0.1) is 6.92 Å². The zero-order chi connectivity index (χ0) is 23.7. The molecule has 34 heavy (non-hydrogen) atoms. The third kappa shape index (κ3) is 4.05. The third-order valence-electron chi connectivity index (χ3n) is 5.51. The number of nitrogens with zero attached hydrogens (tertiary/aromatic N) is 6. The van der Waals surface area contributed by atoms with Crippen LogP contribution >= 0.6 is 0 Å². The lowest BCUT2D eigenvalue weighted by molar-refractivity contribution is 0.0526. The summed E-state index contributed by atoms with van der Waals surface area (Å²) in [5, 5.41) is 9.45. The maximum Gasteiger partial charge on any atom is 0.339 e. The number of imidazole rings is 1. The number of nitrogens with one attached hydrogen (secondary N) is 1. The number of hydrogen-bond donors (Lipinski definition) is 1. The molecule has 5 rings (SSSR count). The van der Waals surface area contributed by atoms with E-state index in [0.717, 1.165) is 28.0 Å². The van der Waals surface area contributed by atoms with Crippen molar-refractivity contribution in [1.29, 1.82) is 0 Å². The van der Waals surface area contributed by atoms with Gasteiger partial charge in [0.2, 0.25) is 11.7 Å². The van der Waals surface area contributed by atoms with E-state index in [1.54, 1.807) is 26.1 Å². The molecule has 0 amide bonds. The monoisotopic (exact) mass is 457 g/mol. The van der Waals surface area contributed by atoms with Crippen molar-refractivity contribution in [3.8, 4) is 11.4 Å². The smallest absolute Gasteiger partial charge is 0.339 e. The molecule has 0 radical (unpaired) electrons. The average Bonchev–Trinajstić information content (AvgIpc) is 3.42. The highest BCUT2D eigenvalue weighted by atomic mass is 16.5. The second kappa shape index (κ2) is 8.89. The van der Waals surface area contributed by atoms with E-state index >= 15 is 0 Å². The molecule has 1 N–H and O–H groups in total. The summed E-state index contributed by atoms with van der Waals surface area (Å²) >= 11 is 0. The fraction of sp³-hybridized carbons (Fsp3) is 0.250. The van der Waals surface area contributed by atoms with Gasteiger partial charge in [-0.3, -0.25) is 0 Å². The molecule has 0 atom stereocenters. The number of hydrogen-bond acceptors (Lipinski definition) is 9. The number of fused-ring (bicyclic) bond motifs is 2. The van der Waals surface area contributed by atoms with Crippen molar-refractivity contribution >= 4 is 33.7 Å². The number of pyridine rings is 2. The number of esters is 1. The van der Waals surface area contributed by atoms with Crippen molar-refractivity contribution in [2.45, 2.75) is 20.3 Å². The molecule has 10 nitrogen and oxygen atoms in total. The number of anilines is 1. The number of rotatable bonds is 7. The lowest BCUT2D eigenvalue weighted by Gasteiger charge is -2.09. The molecule has 0 unspecified atom stereocenters. The first-order valence-corrected chi connectivity index (χ1v) is 10.9. The number of carbonyl (C=O) groups is 1.